The number of rotatable bonds is 4. The number of nitrogens with zero attached hydrogens (tertiary/aromatic N) is 1. The lowest BCUT2D eigenvalue weighted by Gasteiger charge is -2.33. The number of hydrogen-bond donors (Lipinski definition) is 1. The second kappa shape index (κ2) is 5.87. The van der Waals surface area contributed by atoms with Gasteiger partial charge in [0.2, 0.25) is 0 Å². The molecule has 1 aliphatic heterocycles. The lowest BCUT2D eigenvalue weighted by Crippen LogP contribution is -2.40. The predicted octanol–water partition coefficient (Wildman–Crippen LogP) is 2.26. The Hall–Kier alpha value is -0.290. The SMILES string of the molecule is CNC(C)CCN1CCC(C(F)(F)F)CC1. The minimum Gasteiger partial charge on any atom is -0.317 e. The Morgan fingerprint density at radius 2 is 1.88 bits per heavy atom. The van der Waals surface area contributed by atoms with Crippen molar-refractivity contribution in [1.82, 2.24) is 10.2 Å². The molecule has 0 aromatic carbocycles. The van der Waals surface area contributed by atoms with Crippen LogP contribution in [-0.4, -0.2) is 43.8 Å². The maximum atomic E-state index is 12.4. The summed E-state index contributed by atoms with van der Waals surface area (Å²) in [4.78, 5) is 2.14. The Labute approximate surface area is 95.2 Å². The summed E-state index contributed by atoms with van der Waals surface area (Å²) in [5.41, 5.74) is 0. The third-order valence-corrected chi connectivity index (χ3v) is 3.42. The summed E-state index contributed by atoms with van der Waals surface area (Å²) in [5.74, 6) is -1.08. The monoisotopic (exact) mass is 238 g/mol. The number of likely N-dealkylation sites (tertiary alicyclic amines) is 1. The van der Waals surface area contributed by atoms with E-state index in [1.807, 2.05) is 7.05 Å². The number of hydrogen-bond acceptors (Lipinski definition) is 2. The van der Waals surface area contributed by atoms with Gasteiger partial charge in [0.15, 0.2) is 0 Å². The quantitative estimate of drug-likeness (QED) is 0.808. The van der Waals surface area contributed by atoms with E-state index in [4.69, 9.17) is 0 Å². The van der Waals surface area contributed by atoms with Gasteiger partial charge in [0.05, 0.1) is 5.92 Å². The van der Waals surface area contributed by atoms with E-state index in [0.717, 1.165) is 13.0 Å². The van der Waals surface area contributed by atoms with Gasteiger partial charge in [0, 0.05) is 6.04 Å². The van der Waals surface area contributed by atoms with Gasteiger partial charge in [-0.3, -0.25) is 0 Å². The van der Waals surface area contributed by atoms with E-state index in [-0.39, 0.29) is 12.8 Å². The zero-order valence-electron chi connectivity index (χ0n) is 9.98. The van der Waals surface area contributed by atoms with Gasteiger partial charge in [-0.25, -0.2) is 0 Å². The van der Waals surface area contributed by atoms with Crippen LogP contribution in [0.2, 0.25) is 0 Å². The van der Waals surface area contributed by atoms with E-state index in [1.165, 1.54) is 0 Å². The first kappa shape index (κ1) is 13.8. The van der Waals surface area contributed by atoms with Gasteiger partial charge in [0.1, 0.15) is 0 Å². The molecular weight excluding hydrogens is 217 g/mol. The van der Waals surface area contributed by atoms with Crippen molar-refractivity contribution >= 4 is 0 Å². The van der Waals surface area contributed by atoms with Crippen molar-refractivity contribution in [3.05, 3.63) is 0 Å². The molecule has 1 saturated heterocycles. The molecule has 0 saturated carbocycles. The molecule has 5 heteroatoms. The van der Waals surface area contributed by atoms with Crippen molar-refractivity contribution in [2.75, 3.05) is 26.7 Å². The first-order valence-corrected chi connectivity index (χ1v) is 5.90. The van der Waals surface area contributed by atoms with Crippen molar-refractivity contribution in [2.45, 2.75) is 38.4 Å². The first-order valence-electron chi connectivity index (χ1n) is 5.90. The van der Waals surface area contributed by atoms with Crippen LogP contribution in [0.15, 0.2) is 0 Å². The molecule has 16 heavy (non-hydrogen) atoms. The van der Waals surface area contributed by atoms with E-state index in [1.54, 1.807) is 0 Å². The summed E-state index contributed by atoms with van der Waals surface area (Å²) < 4.78 is 37.2. The van der Waals surface area contributed by atoms with Gasteiger partial charge in [-0.15, -0.1) is 0 Å². The Morgan fingerprint density at radius 1 is 1.31 bits per heavy atom. The third kappa shape index (κ3) is 4.29. The average molecular weight is 238 g/mol. The van der Waals surface area contributed by atoms with Gasteiger partial charge in [-0.1, -0.05) is 0 Å². The Balaban J connectivity index is 2.22. The molecule has 1 N–H and O–H groups in total. The van der Waals surface area contributed by atoms with Gasteiger partial charge in [-0.05, 0) is 52.9 Å². The lowest BCUT2D eigenvalue weighted by atomic mass is 9.96. The highest BCUT2D eigenvalue weighted by molar-refractivity contribution is 4.77. The molecule has 1 rings (SSSR count). The highest BCUT2D eigenvalue weighted by Crippen LogP contribution is 2.33. The van der Waals surface area contributed by atoms with Gasteiger partial charge >= 0.3 is 6.18 Å². The van der Waals surface area contributed by atoms with Crippen LogP contribution in [-0.2, 0) is 0 Å². The Bertz CT molecular complexity index is 198. The van der Waals surface area contributed by atoms with Crippen molar-refractivity contribution in [2.24, 2.45) is 5.92 Å². The zero-order chi connectivity index (χ0) is 12.2. The molecule has 0 aromatic heterocycles. The van der Waals surface area contributed by atoms with Gasteiger partial charge < -0.3 is 10.2 Å². The summed E-state index contributed by atoms with van der Waals surface area (Å²) in [7, 11) is 1.90. The van der Waals surface area contributed by atoms with Crippen molar-refractivity contribution in [3.63, 3.8) is 0 Å². The van der Waals surface area contributed by atoms with E-state index < -0.39 is 12.1 Å². The van der Waals surface area contributed by atoms with Crippen LogP contribution in [0.1, 0.15) is 26.2 Å². The highest BCUT2D eigenvalue weighted by atomic mass is 19.4. The summed E-state index contributed by atoms with van der Waals surface area (Å²) >= 11 is 0. The largest absolute Gasteiger partial charge is 0.391 e. The van der Waals surface area contributed by atoms with E-state index in [9.17, 15) is 13.2 Å². The van der Waals surface area contributed by atoms with E-state index in [2.05, 4.69) is 17.1 Å². The molecule has 2 nitrogen and oxygen atoms in total. The predicted molar refractivity (Wildman–Crippen MR) is 58.4 cm³/mol. The van der Waals surface area contributed by atoms with Crippen LogP contribution >= 0.6 is 0 Å². The minimum absolute atomic E-state index is 0.261. The molecule has 1 aliphatic rings. The summed E-state index contributed by atoms with van der Waals surface area (Å²) in [6.07, 6.45) is -2.48. The maximum Gasteiger partial charge on any atom is 0.391 e. The third-order valence-electron chi connectivity index (χ3n) is 3.42. The van der Waals surface area contributed by atoms with Gasteiger partial charge in [0.25, 0.3) is 0 Å². The fourth-order valence-corrected chi connectivity index (χ4v) is 2.00. The van der Waals surface area contributed by atoms with Crippen LogP contribution < -0.4 is 5.32 Å². The van der Waals surface area contributed by atoms with Crippen molar-refractivity contribution < 1.29 is 13.2 Å². The van der Waals surface area contributed by atoms with E-state index in [0.29, 0.717) is 19.1 Å². The highest BCUT2D eigenvalue weighted by Gasteiger charge is 2.40. The molecule has 1 fully saturated rings. The number of nitrogens with one attached hydrogen (secondary N) is 1. The van der Waals surface area contributed by atoms with Crippen molar-refractivity contribution in [3.8, 4) is 0 Å². The molecule has 0 amide bonds. The summed E-state index contributed by atoms with van der Waals surface area (Å²) in [6.45, 7) is 4.15. The molecule has 1 unspecified atom stereocenters. The fraction of sp³-hybridized carbons (Fsp3) is 1.00. The van der Waals surface area contributed by atoms with E-state index >= 15 is 0 Å². The average Bonchev–Trinajstić information content (AvgIpc) is 2.25. The Kier molecular flexibility index (Phi) is 5.05. The molecule has 1 atom stereocenters. The molecule has 0 spiro atoms. The van der Waals surface area contributed by atoms with Crippen LogP contribution in [0.4, 0.5) is 13.2 Å². The molecule has 0 aromatic rings. The minimum atomic E-state index is -4.00. The summed E-state index contributed by atoms with van der Waals surface area (Å²) in [6, 6.07) is 0.431. The zero-order valence-corrected chi connectivity index (χ0v) is 9.98. The number of alkyl halides is 3. The fourth-order valence-electron chi connectivity index (χ4n) is 2.00. The molecule has 0 bridgehead atoms. The smallest absolute Gasteiger partial charge is 0.317 e. The van der Waals surface area contributed by atoms with Crippen LogP contribution in [0.5, 0.6) is 0 Å². The topological polar surface area (TPSA) is 15.3 Å². The Morgan fingerprint density at radius 3 is 2.31 bits per heavy atom. The first-order chi connectivity index (χ1) is 7.43. The van der Waals surface area contributed by atoms with Crippen LogP contribution in [0, 0.1) is 5.92 Å². The van der Waals surface area contributed by atoms with Gasteiger partial charge in [-0.2, -0.15) is 13.2 Å². The maximum absolute atomic E-state index is 12.4. The lowest BCUT2D eigenvalue weighted by molar-refractivity contribution is -0.185. The second-order valence-electron chi connectivity index (χ2n) is 4.64. The normalized spacial score (nSPS) is 22.3. The molecular formula is C11H21F3N2. The molecule has 96 valence electrons. The molecule has 0 radical (unpaired) electrons. The standard InChI is InChI=1S/C11H21F3N2/c1-9(15-2)3-6-16-7-4-10(5-8-16)11(12,13)14/h9-10,15H,3-8H2,1-2H3. The van der Waals surface area contributed by atoms with Crippen LogP contribution in [0.3, 0.4) is 0 Å². The van der Waals surface area contributed by atoms with Crippen LogP contribution in [0.25, 0.3) is 0 Å². The van der Waals surface area contributed by atoms with Crippen molar-refractivity contribution in [1.29, 1.82) is 0 Å². The molecule has 0 aliphatic carbocycles. The molecule has 1 heterocycles. The number of halogens is 3. The second-order valence-corrected chi connectivity index (χ2v) is 4.64. The summed E-state index contributed by atoms with van der Waals surface area (Å²) in [5, 5.41) is 3.13. The number of piperidine rings is 1.